The van der Waals surface area contributed by atoms with Crippen molar-refractivity contribution in [3.8, 4) is 6.07 Å². The fraction of sp³-hybridized carbons (Fsp3) is 0.250. The minimum absolute atomic E-state index is 0.153. The van der Waals surface area contributed by atoms with Crippen LogP contribution in [0, 0.1) is 11.3 Å². The minimum Gasteiger partial charge on any atom is -0.341 e. The van der Waals surface area contributed by atoms with Crippen molar-refractivity contribution in [3.05, 3.63) is 71.3 Å². The molecule has 0 bridgehead atoms. The molecule has 2 aromatic carbocycles. The van der Waals surface area contributed by atoms with Crippen LogP contribution in [0.15, 0.2) is 54.6 Å². The molecule has 144 valence electrons. The SMILES string of the molecule is N#CCNC(=O)[C@H](CS(=O)(=O)Cc1ccccc1)N1Cc2ccccc2C1=O. The summed E-state index contributed by atoms with van der Waals surface area (Å²) in [5.41, 5.74) is 1.81. The second-order valence-electron chi connectivity index (χ2n) is 6.52. The Kier molecular flexibility index (Phi) is 5.76. The van der Waals surface area contributed by atoms with Gasteiger partial charge in [-0.1, -0.05) is 48.5 Å². The fourth-order valence-electron chi connectivity index (χ4n) is 3.21. The fourth-order valence-corrected chi connectivity index (χ4v) is 4.84. The van der Waals surface area contributed by atoms with Gasteiger partial charge < -0.3 is 10.2 Å². The largest absolute Gasteiger partial charge is 0.341 e. The van der Waals surface area contributed by atoms with Crippen molar-refractivity contribution in [2.24, 2.45) is 0 Å². The first-order valence-electron chi connectivity index (χ1n) is 8.69. The average molecular weight is 397 g/mol. The zero-order chi connectivity index (χ0) is 20.1. The van der Waals surface area contributed by atoms with E-state index >= 15 is 0 Å². The summed E-state index contributed by atoms with van der Waals surface area (Å²) in [4.78, 5) is 26.6. The van der Waals surface area contributed by atoms with Crippen molar-refractivity contribution in [2.75, 3.05) is 12.3 Å². The topological polar surface area (TPSA) is 107 Å². The molecular formula is C20H19N3O4S. The van der Waals surface area contributed by atoms with Gasteiger partial charge in [-0.2, -0.15) is 5.26 Å². The van der Waals surface area contributed by atoms with E-state index in [9.17, 15) is 18.0 Å². The molecule has 0 saturated heterocycles. The number of amides is 2. The highest BCUT2D eigenvalue weighted by Gasteiger charge is 2.38. The van der Waals surface area contributed by atoms with Gasteiger partial charge in [0.1, 0.15) is 12.6 Å². The van der Waals surface area contributed by atoms with E-state index in [-0.39, 0.29) is 24.7 Å². The molecule has 3 rings (SSSR count). The summed E-state index contributed by atoms with van der Waals surface area (Å²) in [7, 11) is -3.69. The number of hydrogen-bond donors (Lipinski definition) is 1. The number of carbonyl (C=O) groups is 2. The highest BCUT2D eigenvalue weighted by Crippen LogP contribution is 2.25. The Balaban J connectivity index is 1.85. The summed E-state index contributed by atoms with van der Waals surface area (Å²) in [6.45, 7) is -0.108. The molecule has 0 unspecified atom stereocenters. The summed E-state index contributed by atoms with van der Waals surface area (Å²) < 4.78 is 25.5. The second-order valence-corrected chi connectivity index (χ2v) is 8.63. The van der Waals surface area contributed by atoms with E-state index in [1.807, 2.05) is 0 Å². The Morgan fingerprint density at radius 1 is 1.14 bits per heavy atom. The monoisotopic (exact) mass is 397 g/mol. The lowest BCUT2D eigenvalue weighted by atomic mass is 10.1. The van der Waals surface area contributed by atoms with Gasteiger partial charge >= 0.3 is 0 Å². The summed E-state index contributed by atoms with van der Waals surface area (Å²) >= 11 is 0. The highest BCUT2D eigenvalue weighted by atomic mass is 32.2. The predicted octanol–water partition coefficient (Wildman–Crippen LogP) is 1.27. The van der Waals surface area contributed by atoms with Crippen molar-refractivity contribution >= 4 is 21.7 Å². The smallest absolute Gasteiger partial charge is 0.255 e. The third-order valence-electron chi connectivity index (χ3n) is 4.51. The Morgan fingerprint density at radius 3 is 2.50 bits per heavy atom. The molecule has 0 aromatic heterocycles. The average Bonchev–Trinajstić information content (AvgIpc) is 3.01. The molecule has 2 amide bonds. The van der Waals surface area contributed by atoms with Crippen LogP contribution in [0.1, 0.15) is 21.5 Å². The van der Waals surface area contributed by atoms with E-state index in [0.29, 0.717) is 11.1 Å². The number of hydrogen-bond acceptors (Lipinski definition) is 5. The van der Waals surface area contributed by atoms with Gasteiger partial charge in [0.2, 0.25) is 5.91 Å². The maximum atomic E-state index is 12.7. The first kappa shape index (κ1) is 19.6. The van der Waals surface area contributed by atoms with E-state index < -0.39 is 27.5 Å². The van der Waals surface area contributed by atoms with Crippen LogP contribution in [-0.4, -0.2) is 43.5 Å². The quantitative estimate of drug-likeness (QED) is 0.708. The molecule has 1 heterocycles. The summed E-state index contributed by atoms with van der Waals surface area (Å²) in [6, 6.07) is 16.2. The van der Waals surface area contributed by atoms with Gasteiger partial charge in [0.15, 0.2) is 9.84 Å². The molecule has 0 fully saturated rings. The molecule has 0 spiro atoms. The maximum absolute atomic E-state index is 12.7. The Morgan fingerprint density at radius 2 is 1.82 bits per heavy atom. The van der Waals surface area contributed by atoms with Gasteiger partial charge in [0.05, 0.1) is 17.6 Å². The van der Waals surface area contributed by atoms with Gasteiger partial charge in [-0.15, -0.1) is 0 Å². The van der Waals surface area contributed by atoms with Gasteiger partial charge in [-0.25, -0.2) is 8.42 Å². The van der Waals surface area contributed by atoms with Crippen molar-refractivity contribution in [1.29, 1.82) is 5.26 Å². The molecule has 0 aliphatic carbocycles. The zero-order valence-electron chi connectivity index (χ0n) is 15.0. The Labute approximate surface area is 163 Å². The minimum atomic E-state index is -3.69. The normalized spacial score (nSPS) is 14.2. The number of rotatable bonds is 7. The zero-order valence-corrected chi connectivity index (χ0v) is 15.9. The lowest BCUT2D eigenvalue weighted by Crippen LogP contribution is -2.50. The van der Waals surface area contributed by atoms with Crippen LogP contribution >= 0.6 is 0 Å². The number of fused-ring (bicyclic) bond motifs is 1. The third-order valence-corrected chi connectivity index (χ3v) is 6.11. The van der Waals surface area contributed by atoms with E-state index in [4.69, 9.17) is 5.26 Å². The number of sulfone groups is 1. The predicted molar refractivity (Wildman–Crippen MR) is 103 cm³/mol. The summed E-state index contributed by atoms with van der Waals surface area (Å²) in [5.74, 6) is -1.79. The second kappa shape index (κ2) is 8.23. The first-order valence-corrected chi connectivity index (χ1v) is 10.5. The maximum Gasteiger partial charge on any atom is 0.255 e. The van der Waals surface area contributed by atoms with Crippen LogP contribution < -0.4 is 5.32 Å². The molecule has 8 heteroatoms. The lowest BCUT2D eigenvalue weighted by Gasteiger charge is -2.26. The molecule has 28 heavy (non-hydrogen) atoms. The lowest BCUT2D eigenvalue weighted by molar-refractivity contribution is -0.124. The molecule has 7 nitrogen and oxygen atoms in total. The third kappa shape index (κ3) is 4.38. The van der Waals surface area contributed by atoms with Gasteiger partial charge in [-0.3, -0.25) is 9.59 Å². The Bertz CT molecular complexity index is 1030. The van der Waals surface area contributed by atoms with Crippen LogP contribution in [0.3, 0.4) is 0 Å². The van der Waals surface area contributed by atoms with Crippen LogP contribution in [0.4, 0.5) is 0 Å². The van der Waals surface area contributed by atoms with E-state index in [2.05, 4.69) is 5.32 Å². The molecule has 1 aliphatic heterocycles. The van der Waals surface area contributed by atoms with Crippen LogP contribution in [0.25, 0.3) is 0 Å². The summed E-state index contributed by atoms with van der Waals surface area (Å²) in [6.07, 6.45) is 0. The molecule has 1 aliphatic rings. The number of nitriles is 1. The van der Waals surface area contributed by atoms with Gasteiger partial charge in [0, 0.05) is 12.1 Å². The van der Waals surface area contributed by atoms with Crippen molar-refractivity contribution < 1.29 is 18.0 Å². The van der Waals surface area contributed by atoms with Crippen LogP contribution in [0.5, 0.6) is 0 Å². The number of benzene rings is 2. The number of nitrogens with zero attached hydrogens (tertiary/aromatic N) is 2. The molecule has 1 N–H and O–H groups in total. The number of nitrogens with one attached hydrogen (secondary N) is 1. The van der Waals surface area contributed by atoms with E-state index in [1.54, 1.807) is 60.7 Å². The molecule has 0 saturated carbocycles. The Hall–Kier alpha value is -3.18. The molecule has 2 aromatic rings. The first-order chi connectivity index (χ1) is 13.4. The summed E-state index contributed by atoms with van der Waals surface area (Å²) in [5, 5.41) is 11.1. The number of carbonyl (C=O) groups excluding carboxylic acids is 2. The van der Waals surface area contributed by atoms with E-state index in [0.717, 1.165) is 5.56 Å². The molecular weight excluding hydrogens is 378 g/mol. The van der Waals surface area contributed by atoms with Crippen LogP contribution in [0.2, 0.25) is 0 Å². The van der Waals surface area contributed by atoms with Crippen molar-refractivity contribution in [3.63, 3.8) is 0 Å². The molecule has 0 radical (unpaired) electrons. The van der Waals surface area contributed by atoms with Crippen molar-refractivity contribution in [1.82, 2.24) is 10.2 Å². The van der Waals surface area contributed by atoms with Crippen LogP contribution in [-0.2, 0) is 26.9 Å². The van der Waals surface area contributed by atoms with Gasteiger partial charge in [-0.05, 0) is 17.2 Å². The van der Waals surface area contributed by atoms with E-state index in [1.165, 1.54) is 4.90 Å². The van der Waals surface area contributed by atoms with Gasteiger partial charge in [0.25, 0.3) is 5.91 Å². The molecule has 1 atom stereocenters. The standard InChI is InChI=1S/C20H19N3O4S/c21-10-11-22-19(24)18(14-28(26,27)13-15-6-2-1-3-7-15)23-12-16-8-4-5-9-17(16)20(23)25/h1-9,18H,11-14H2,(H,22,24)/t18-/m0/s1. The highest BCUT2D eigenvalue weighted by molar-refractivity contribution is 7.90. The van der Waals surface area contributed by atoms with Crippen molar-refractivity contribution in [2.45, 2.75) is 18.3 Å².